The van der Waals surface area contributed by atoms with Crippen LogP contribution >= 0.6 is 11.6 Å². The monoisotopic (exact) mass is 319 g/mol. The lowest BCUT2D eigenvalue weighted by molar-refractivity contribution is 0.281. The van der Waals surface area contributed by atoms with E-state index in [1.165, 1.54) is 6.20 Å². The Morgan fingerprint density at radius 2 is 2.20 bits per heavy atom. The van der Waals surface area contributed by atoms with Crippen LogP contribution < -0.4 is 4.72 Å². The second kappa shape index (κ2) is 5.88. The fraction of sp³-hybridized carbons (Fsp3) is 0.182. The van der Waals surface area contributed by atoms with Crippen LogP contribution in [-0.4, -0.2) is 23.5 Å². The molecule has 0 aliphatic heterocycles. The van der Waals surface area contributed by atoms with E-state index in [0.717, 1.165) is 12.1 Å². The number of aromatic amines is 1. The molecule has 0 aliphatic rings. The maximum Gasteiger partial charge on any atom is 0.241 e. The summed E-state index contributed by atoms with van der Waals surface area (Å²) in [6.07, 6.45) is 3.03. The molecule has 0 saturated heterocycles. The first-order valence-corrected chi connectivity index (χ1v) is 7.37. The predicted molar refractivity (Wildman–Crippen MR) is 69.9 cm³/mol. The Labute approximate surface area is 119 Å². The van der Waals surface area contributed by atoms with Crippen LogP contribution in [0.15, 0.2) is 29.4 Å². The number of aromatic nitrogens is 2. The van der Waals surface area contributed by atoms with E-state index in [1.807, 2.05) is 0 Å². The molecule has 3 N–H and O–H groups in total. The van der Waals surface area contributed by atoms with E-state index < -0.39 is 22.4 Å². The molecule has 0 unspecified atom stereocenters. The molecule has 1 aromatic heterocycles. The third-order valence-corrected chi connectivity index (χ3v) is 4.35. The van der Waals surface area contributed by atoms with E-state index in [0.29, 0.717) is 5.82 Å². The number of nitrogens with zero attached hydrogens (tertiary/aromatic N) is 1. The number of hydrogen-bond acceptors (Lipinski definition) is 4. The van der Waals surface area contributed by atoms with Crippen LogP contribution in [0.25, 0.3) is 0 Å². The Morgan fingerprint density at radius 1 is 1.45 bits per heavy atom. The first-order valence-electron chi connectivity index (χ1n) is 5.50. The number of benzene rings is 1. The van der Waals surface area contributed by atoms with E-state index >= 15 is 0 Å². The van der Waals surface area contributed by atoms with Crippen molar-refractivity contribution in [3.8, 4) is 0 Å². The summed E-state index contributed by atoms with van der Waals surface area (Å²) in [6.45, 7) is -0.620. The number of sulfonamides is 1. The molecular weight excluding hydrogens is 309 g/mol. The quantitative estimate of drug-likeness (QED) is 0.771. The van der Waals surface area contributed by atoms with Gasteiger partial charge in [0.25, 0.3) is 0 Å². The second-order valence-corrected chi connectivity index (χ2v) is 6.04. The average Bonchev–Trinajstić information content (AvgIpc) is 2.92. The molecule has 6 nitrogen and oxygen atoms in total. The first-order chi connectivity index (χ1) is 9.44. The van der Waals surface area contributed by atoms with Gasteiger partial charge in [-0.3, -0.25) is 0 Å². The second-order valence-electron chi connectivity index (χ2n) is 3.90. The van der Waals surface area contributed by atoms with Gasteiger partial charge in [0.05, 0.1) is 23.1 Å². The molecule has 0 amide bonds. The van der Waals surface area contributed by atoms with Crippen molar-refractivity contribution in [1.29, 1.82) is 0 Å². The van der Waals surface area contributed by atoms with Crippen molar-refractivity contribution < 1.29 is 17.9 Å². The van der Waals surface area contributed by atoms with E-state index in [2.05, 4.69) is 14.7 Å². The molecule has 1 aromatic carbocycles. The maximum absolute atomic E-state index is 13.5. The van der Waals surface area contributed by atoms with Crippen molar-refractivity contribution in [2.75, 3.05) is 0 Å². The summed E-state index contributed by atoms with van der Waals surface area (Å²) in [6, 6.07) is 1.92. The number of halogens is 2. The molecule has 0 saturated carbocycles. The minimum atomic E-state index is -3.93. The summed E-state index contributed by atoms with van der Waals surface area (Å²) in [4.78, 5) is 6.28. The van der Waals surface area contributed by atoms with E-state index in [9.17, 15) is 12.8 Å². The SMILES string of the molecule is O=S(=O)(NCc1ncc[nH]1)c1cc(F)c(Cl)c(CO)c1. The number of imidazole rings is 1. The van der Waals surface area contributed by atoms with E-state index in [4.69, 9.17) is 16.7 Å². The van der Waals surface area contributed by atoms with Gasteiger partial charge in [0, 0.05) is 18.0 Å². The molecule has 0 atom stereocenters. The van der Waals surface area contributed by atoms with Gasteiger partial charge in [0.2, 0.25) is 10.0 Å². The summed E-state index contributed by atoms with van der Waals surface area (Å²) in [5, 5.41) is 8.74. The Bertz CT molecular complexity index is 704. The van der Waals surface area contributed by atoms with E-state index in [-0.39, 0.29) is 22.0 Å². The minimum Gasteiger partial charge on any atom is -0.392 e. The van der Waals surface area contributed by atoms with Crippen molar-refractivity contribution in [2.24, 2.45) is 0 Å². The lowest BCUT2D eigenvalue weighted by Gasteiger charge is -2.09. The first kappa shape index (κ1) is 14.9. The largest absolute Gasteiger partial charge is 0.392 e. The van der Waals surface area contributed by atoms with Gasteiger partial charge < -0.3 is 10.1 Å². The Morgan fingerprint density at radius 3 is 2.80 bits per heavy atom. The highest BCUT2D eigenvalue weighted by Crippen LogP contribution is 2.24. The highest BCUT2D eigenvalue weighted by atomic mass is 35.5. The molecule has 2 rings (SSSR count). The Kier molecular flexibility index (Phi) is 4.39. The number of aliphatic hydroxyl groups excluding tert-OH is 1. The molecule has 2 aromatic rings. The number of nitrogens with one attached hydrogen (secondary N) is 2. The van der Waals surface area contributed by atoms with Gasteiger partial charge in [-0.25, -0.2) is 22.5 Å². The summed E-state index contributed by atoms with van der Waals surface area (Å²) >= 11 is 5.61. The number of H-pyrrole nitrogens is 1. The topological polar surface area (TPSA) is 95.1 Å². The lowest BCUT2D eigenvalue weighted by atomic mass is 10.2. The molecule has 108 valence electrons. The van der Waals surface area contributed by atoms with Crippen molar-refractivity contribution in [3.05, 3.63) is 46.8 Å². The third kappa shape index (κ3) is 3.15. The summed E-state index contributed by atoms with van der Waals surface area (Å²) in [7, 11) is -3.93. The molecule has 9 heteroatoms. The predicted octanol–water partition coefficient (Wildman–Crippen LogP) is 1.17. The Hall–Kier alpha value is -1.48. The standard InChI is InChI=1S/C11H11ClFN3O3S/c12-11-7(6-17)3-8(4-9(11)13)20(18,19)16-5-10-14-1-2-15-10/h1-4,16-17H,5-6H2,(H,14,15). The van der Waals surface area contributed by atoms with Crippen molar-refractivity contribution in [2.45, 2.75) is 18.0 Å². The molecule has 0 fully saturated rings. The van der Waals surface area contributed by atoms with Gasteiger partial charge in [-0.15, -0.1) is 0 Å². The van der Waals surface area contributed by atoms with E-state index in [1.54, 1.807) is 6.20 Å². The number of aliphatic hydroxyl groups is 1. The molecule has 0 radical (unpaired) electrons. The molecule has 0 aliphatic carbocycles. The van der Waals surface area contributed by atoms with Crippen LogP contribution in [0.2, 0.25) is 5.02 Å². The normalized spacial score (nSPS) is 11.8. The summed E-state index contributed by atoms with van der Waals surface area (Å²) < 4.78 is 39.8. The fourth-order valence-electron chi connectivity index (χ4n) is 1.53. The van der Waals surface area contributed by atoms with Crippen LogP contribution in [0.4, 0.5) is 4.39 Å². The summed E-state index contributed by atoms with van der Waals surface area (Å²) in [5.74, 6) is -0.484. The molecule has 20 heavy (non-hydrogen) atoms. The lowest BCUT2D eigenvalue weighted by Crippen LogP contribution is -2.24. The van der Waals surface area contributed by atoms with Crippen molar-refractivity contribution >= 4 is 21.6 Å². The van der Waals surface area contributed by atoms with Gasteiger partial charge in [-0.05, 0) is 12.1 Å². The van der Waals surface area contributed by atoms with Gasteiger partial charge in [0.1, 0.15) is 11.6 Å². The summed E-state index contributed by atoms with van der Waals surface area (Å²) in [5.41, 5.74) is 0.00467. The molecular formula is C11H11ClFN3O3S. The zero-order valence-electron chi connectivity index (χ0n) is 10.1. The van der Waals surface area contributed by atoms with Crippen LogP contribution in [-0.2, 0) is 23.2 Å². The smallest absolute Gasteiger partial charge is 0.241 e. The highest BCUT2D eigenvalue weighted by Gasteiger charge is 2.18. The van der Waals surface area contributed by atoms with Crippen LogP contribution in [0.1, 0.15) is 11.4 Å². The number of hydrogen-bond donors (Lipinski definition) is 3. The van der Waals surface area contributed by atoms with Crippen molar-refractivity contribution in [3.63, 3.8) is 0 Å². The van der Waals surface area contributed by atoms with Gasteiger partial charge >= 0.3 is 0 Å². The molecule has 0 spiro atoms. The zero-order valence-corrected chi connectivity index (χ0v) is 11.7. The molecule has 0 bridgehead atoms. The fourth-order valence-corrected chi connectivity index (χ4v) is 2.75. The van der Waals surface area contributed by atoms with Gasteiger partial charge in [0.15, 0.2) is 0 Å². The Balaban J connectivity index is 2.27. The highest BCUT2D eigenvalue weighted by molar-refractivity contribution is 7.89. The van der Waals surface area contributed by atoms with Crippen LogP contribution in [0, 0.1) is 5.82 Å². The minimum absolute atomic E-state index is 0.00467. The van der Waals surface area contributed by atoms with Gasteiger partial charge in [-0.1, -0.05) is 11.6 Å². The maximum atomic E-state index is 13.5. The third-order valence-electron chi connectivity index (χ3n) is 2.54. The van der Waals surface area contributed by atoms with Crippen LogP contribution in [0.3, 0.4) is 0 Å². The van der Waals surface area contributed by atoms with Gasteiger partial charge in [-0.2, -0.15) is 0 Å². The molecule has 1 heterocycles. The van der Waals surface area contributed by atoms with Crippen LogP contribution in [0.5, 0.6) is 0 Å². The number of rotatable bonds is 5. The average molecular weight is 320 g/mol. The van der Waals surface area contributed by atoms with Crippen molar-refractivity contribution in [1.82, 2.24) is 14.7 Å². The zero-order chi connectivity index (χ0) is 14.8.